The summed E-state index contributed by atoms with van der Waals surface area (Å²) in [5.41, 5.74) is 3.08. The number of aryl methyl sites for hydroxylation is 2. The molecule has 58 heavy (non-hydrogen) atoms. The summed E-state index contributed by atoms with van der Waals surface area (Å²) in [4.78, 5) is 33.8. The molecule has 0 radical (unpaired) electrons. The largest absolute Gasteiger partial charge is 0.467 e. The highest BCUT2D eigenvalue weighted by Gasteiger charge is 2.53. The minimum absolute atomic E-state index is 0.161. The molecule has 0 spiro atoms. The molecule has 1 saturated heterocycles. The number of imidazole rings is 1. The van der Waals surface area contributed by atoms with Crippen LogP contribution in [-0.4, -0.2) is 59.2 Å². The number of benzene rings is 5. The molecular weight excluding hydrogens is 731 g/mol. The van der Waals surface area contributed by atoms with Gasteiger partial charge in [-0.1, -0.05) is 152 Å². The zero-order chi connectivity index (χ0) is 40.2. The molecule has 1 fully saturated rings. The Morgan fingerprint density at radius 1 is 0.655 bits per heavy atom. The molecule has 1 amide bonds. The van der Waals surface area contributed by atoms with Gasteiger partial charge in [0.05, 0.1) is 26.9 Å². The van der Waals surface area contributed by atoms with Gasteiger partial charge in [0.25, 0.3) is 0 Å². The van der Waals surface area contributed by atoms with E-state index in [0.717, 1.165) is 33.6 Å². The quantitative estimate of drug-likeness (QED) is 0.0959. The van der Waals surface area contributed by atoms with Crippen LogP contribution < -0.4 is 5.32 Å². The summed E-state index contributed by atoms with van der Waals surface area (Å²) in [5.74, 6) is -0.170. The number of methoxy groups -OCH3 is 1. The first-order chi connectivity index (χ1) is 28.5. The highest BCUT2D eigenvalue weighted by Crippen LogP contribution is 2.38. The second kappa shape index (κ2) is 19.5. The van der Waals surface area contributed by atoms with Crippen molar-refractivity contribution in [2.24, 2.45) is 0 Å². The van der Waals surface area contributed by atoms with Gasteiger partial charge in [-0.3, -0.25) is 4.79 Å². The molecule has 1 aliphatic rings. The highest BCUT2D eigenvalue weighted by atomic mass is 16.6. The summed E-state index contributed by atoms with van der Waals surface area (Å²) in [6.45, 7) is 2.94. The summed E-state index contributed by atoms with van der Waals surface area (Å²) in [6.07, 6.45) is -1.26. The molecule has 2 heterocycles. The van der Waals surface area contributed by atoms with Crippen LogP contribution in [0.5, 0.6) is 0 Å². The lowest BCUT2D eigenvalue weighted by atomic mass is 9.71. The van der Waals surface area contributed by atoms with Gasteiger partial charge in [0, 0.05) is 18.9 Å². The monoisotopic (exact) mass is 779 g/mol. The smallest absolute Gasteiger partial charge is 0.337 e. The van der Waals surface area contributed by atoms with Gasteiger partial charge in [-0.2, -0.15) is 0 Å². The fraction of sp³-hybridized carbons (Fsp3) is 0.271. The SMILES string of the molecule is COC(=O)[C@H]1OC(NC(=O)C(CCn2ccnc2C)(c2ccccc2)c2ccccc2)[C@H](OCc2ccccc2)[C@@H](OCc2ccccc2)[C@@H]1OCc1ccccc1. The first-order valence-corrected chi connectivity index (χ1v) is 19.6. The maximum absolute atomic E-state index is 15.6. The van der Waals surface area contributed by atoms with Gasteiger partial charge < -0.3 is 33.6 Å². The number of carbonyl (C=O) groups is 2. The first kappa shape index (κ1) is 40.3. The number of hydrogen-bond donors (Lipinski definition) is 1. The zero-order valence-electron chi connectivity index (χ0n) is 32.8. The van der Waals surface area contributed by atoms with Crippen molar-refractivity contribution in [3.63, 3.8) is 0 Å². The van der Waals surface area contributed by atoms with Crippen molar-refractivity contribution in [1.82, 2.24) is 14.9 Å². The molecule has 5 atom stereocenters. The summed E-state index contributed by atoms with van der Waals surface area (Å²) >= 11 is 0. The maximum Gasteiger partial charge on any atom is 0.337 e. The molecule has 1 aromatic heterocycles. The van der Waals surface area contributed by atoms with Gasteiger partial charge in [-0.25, -0.2) is 9.78 Å². The fourth-order valence-corrected chi connectivity index (χ4v) is 7.58. The molecule has 10 heteroatoms. The van der Waals surface area contributed by atoms with Crippen molar-refractivity contribution < 1.29 is 33.3 Å². The summed E-state index contributed by atoms with van der Waals surface area (Å²) in [5, 5.41) is 3.26. The van der Waals surface area contributed by atoms with Crippen LogP contribution >= 0.6 is 0 Å². The molecule has 298 valence electrons. The van der Waals surface area contributed by atoms with Crippen molar-refractivity contribution in [3.8, 4) is 0 Å². The number of ether oxygens (including phenoxy) is 5. The Morgan fingerprint density at radius 2 is 1.10 bits per heavy atom. The maximum atomic E-state index is 15.6. The molecule has 5 aromatic carbocycles. The average Bonchev–Trinajstić information content (AvgIpc) is 3.70. The molecule has 0 saturated carbocycles. The Bertz CT molecular complexity index is 2130. The van der Waals surface area contributed by atoms with Crippen molar-refractivity contribution in [2.75, 3.05) is 7.11 Å². The number of carbonyl (C=O) groups excluding carboxylic acids is 2. The van der Waals surface area contributed by atoms with E-state index in [-0.39, 0.29) is 25.7 Å². The molecule has 6 aromatic rings. The average molecular weight is 780 g/mol. The predicted molar refractivity (Wildman–Crippen MR) is 219 cm³/mol. The van der Waals surface area contributed by atoms with E-state index in [4.69, 9.17) is 23.7 Å². The standard InChI is InChI=1S/C48H49N3O7/c1-35-49-29-31-51(35)30-28-48(39-24-14-6-15-25-39,40-26-16-7-17-27-40)47(53)50-45-43(57-34-38-22-12-5-13-23-38)41(55-32-36-18-8-3-9-19-36)42(44(58-45)46(52)54-2)56-33-37-20-10-4-11-21-37/h3-27,29,31,41-45H,28,30,32-34H2,1-2H3,(H,50,53)/t41-,42-,43+,44-,45?/m0/s1. The van der Waals surface area contributed by atoms with Crippen LogP contribution in [-0.2, 0) is 65.1 Å². The van der Waals surface area contributed by atoms with E-state index in [2.05, 4.69) is 10.3 Å². The second-order valence-electron chi connectivity index (χ2n) is 14.3. The van der Waals surface area contributed by atoms with Crippen molar-refractivity contribution in [3.05, 3.63) is 198 Å². The Labute approximate surface area is 339 Å². The Morgan fingerprint density at radius 3 is 1.55 bits per heavy atom. The van der Waals surface area contributed by atoms with Crippen LogP contribution in [0.2, 0.25) is 0 Å². The second-order valence-corrected chi connectivity index (χ2v) is 14.3. The Balaban J connectivity index is 1.31. The zero-order valence-corrected chi connectivity index (χ0v) is 32.8. The third-order valence-electron chi connectivity index (χ3n) is 10.7. The molecule has 1 unspecified atom stereocenters. The number of nitrogens with one attached hydrogen (secondary N) is 1. The minimum atomic E-state index is -1.28. The van der Waals surface area contributed by atoms with E-state index in [9.17, 15) is 4.79 Å². The van der Waals surface area contributed by atoms with Crippen LogP contribution in [0.1, 0.15) is 40.1 Å². The highest BCUT2D eigenvalue weighted by molar-refractivity contribution is 5.92. The van der Waals surface area contributed by atoms with Crippen LogP contribution in [0.15, 0.2) is 164 Å². The van der Waals surface area contributed by atoms with Crippen LogP contribution in [0, 0.1) is 6.92 Å². The number of nitrogens with zero attached hydrogens (tertiary/aromatic N) is 2. The predicted octanol–water partition coefficient (Wildman–Crippen LogP) is 7.34. The number of rotatable bonds is 17. The minimum Gasteiger partial charge on any atom is -0.467 e. The lowest BCUT2D eigenvalue weighted by Crippen LogP contribution is -2.67. The number of aromatic nitrogens is 2. The summed E-state index contributed by atoms with van der Waals surface area (Å²) < 4.78 is 34.2. The molecule has 0 bridgehead atoms. The molecular formula is C48H49N3O7. The molecule has 7 rings (SSSR count). The fourth-order valence-electron chi connectivity index (χ4n) is 7.58. The normalized spacial score (nSPS) is 19.3. The first-order valence-electron chi connectivity index (χ1n) is 19.6. The van der Waals surface area contributed by atoms with Gasteiger partial charge >= 0.3 is 5.97 Å². The summed E-state index contributed by atoms with van der Waals surface area (Å²) in [7, 11) is 1.30. The van der Waals surface area contributed by atoms with Gasteiger partial charge in [-0.05, 0) is 41.2 Å². The number of amides is 1. The molecule has 0 aliphatic carbocycles. The molecule has 1 aliphatic heterocycles. The lowest BCUT2D eigenvalue weighted by molar-refractivity contribution is -0.270. The lowest BCUT2D eigenvalue weighted by Gasteiger charge is -2.46. The third-order valence-corrected chi connectivity index (χ3v) is 10.7. The van der Waals surface area contributed by atoms with E-state index >= 15 is 4.79 Å². The van der Waals surface area contributed by atoms with E-state index in [1.807, 2.05) is 169 Å². The van der Waals surface area contributed by atoms with Gasteiger partial charge in [0.1, 0.15) is 29.6 Å². The van der Waals surface area contributed by atoms with E-state index in [1.165, 1.54) is 7.11 Å². The van der Waals surface area contributed by atoms with Crippen LogP contribution in [0.25, 0.3) is 0 Å². The van der Waals surface area contributed by atoms with Gasteiger partial charge in [0.15, 0.2) is 12.3 Å². The van der Waals surface area contributed by atoms with Gasteiger partial charge in [-0.15, -0.1) is 0 Å². The van der Waals surface area contributed by atoms with E-state index < -0.39 is 42.0 Å². The van der Waals surface area contributed by atoms with Crippen molar-refractivity contribution in [1.29, 1.82) is 0 Å². The van der Waals surface area contributed by atoms with Crippen LogP contribution in [0.3, 0.4) is 0 Å². The van der Waals surface area contributed by atoms with Crippen molar-refractivity contribution >= 4 is 11.9 Å². The van der Waals surface area contributed by atoms with E-state index in [1.54, 1.807) is 6.20 Å². The Kier molecular flexibility index (Phi) is 13.5. The van der Waals surface area contributed by atoms with E-state index in [0.29, 0.717) is 13.0 Å². The van der Waals surface area contributed by atoms with Crippen molar-refractivity contribution in [2.45, 2.75) is 75.8 Å². The topological polar surface area (TPSA) is 110 Å². The third kappa shape index (κ3) is 9.44. The molecule has 1 N–H and O–H groups in total. The Hall–Kier alpha value is -5.91. The van der Waals surface area contributed by atoms with Crippen LogP contribution in [0.4, 0.5) is 0 Å². The number of hydrogen-bond acceptors (Lipinski definition) is 8. The van der Waals surface area contributed by atoms with Gasteiger partial charge in [0.2, 0.25) is 5.91 Å². The molecule has 10 nitrogen and oxygen atoms in total. The summed E-state index contributed by atoms with van der Waals surface area (Å²) in [6, 6.07) is 48.6. The number of esters is 1.